The molecule has 0 N–H and O–H groups in total. The maximum atomic E-state index is 13.0. The zero-order chi connectivity index (χ0) is 33.8. The van der Waals surface area contributed by atoms with Crippen molar-refractivity contribution in [2.75, 3.05) is 20.1 Å². The highest BCUT2D eigenvalue weighted by Gasteiger charge is 2.30. The van der Waals surface area contributed by atoms with Crippen molar-refractivity contribution < 1.29 is 9.53 Å². The average molecular weight is 647 g/mol. The van der Waals surface area contributed by atoms with E-state index in [1.165, 1.54) is 25.8 Å². The minimum absolute atomic E-state index is 0.0475. The second-order valence-electron chi connectivity index (χ2n) is 15.4. The molecule has 2 aromatic carbocycles. The third-order valence-corrected chi connectivity index (χ3v) is 11.2. The van der Waals surface area contributed by atoms with Crippen molar-refractivity contribution in [1.29, 1.82) is 0 Å². The van der Waals surface area contributed by atoms with Gasteiger partial charge in [-0.25, -0.2) is 0 Å². The number of Topliss-reactive ketones (excluding diaryl/α,β-unsaturated/α-hetero) is 1. The Bertz CT molecular complexity index is 1680. The molecule has 3 heterocycles. The van der Waals surface area contributed by atoms with Gasteiger partial charge in [0.2, 0.25) is 0 Å². The van der Waals surface area contributed by atoms with Crippen LogP contribution in [0.5, 0.6) is 11.5 Å². The Morgan fingerprint density at radius 2 is 1.67 bits per heavy atom. The van der Waals surface area contributed by atoms with Crippen molar-refractivity contribution >= 4 is 16.7 Å². The standard InChI is InChI=1S/C42H54N4O2/c1-27(2)38-17-18-39(45-44-38)31-12-15-37(16-13-31)48-42-26-40-34(24-35(42)23-33-10-9-28(3)22-41(47)30(33)5)11-14-36(43-40)25-32-19-21-46(6)20-7-8-29(32)4/h11-18,24,26-30,32-33H,7-10,19-23,25H2,1-6H3. The summed E-state index contributed by atoms with van der Waals surface area (Å²) in [7, 11) is 2.25. The number of rotatable bonds is 8. The minimum Gasteiger partial charge on any atom is -0.457 e. The predicted molar refractivity (Wildman–Crippen MR) is 195 cm³/mol. The molecule has 0 bridgehead atoms. The number of hydrogen-bond acceptors (Lipinski definition) is 6. The number of likely N-dealkylation sites (tertiary alicyclic amines) is 1. The predicted octanol–water partition coefficient (Wildman–Crippen LogP) is 9.70. The molecule has 1 saturated carbocycles. The molecule has 6 heteroatoms. The number of carbonyl (C=O) groups is 1. The van der Waals surface area contributed by atoms with Crippen LogP contribution < -0.4 is 4.74 Å². The molecule has 5 atom stereocenters. The summed E-state index contributed by atoms with van der Waals surface area (Å²) in [6, 6.07) is 21.1. The van der Waals surface area contributed by atoms with Crippen molar-refractivity contribution in [1.82, 2.24) is 20.1 Å². The van der Waals surface area contributed by atoms with Crippen LogP contribution >= 0.6 is 0 Å². The third kappa shape index (κ3) is 8.31. The molecular formula is C42H54N4O2. The molecule has 0 radical (unpaired) electrons. The first-order valence-electron chi connectivity index (χ1n) is 18.4. The van der Waals surface area contributed by atoms with Crippen LogP contribution in [0.3, 0.4) is 0 Å². The van der Waals surface area contributed by atoms with Gasteiger partial charge in [0.25, 0.3) is 0 Å². The van der Waals surface area contributed by atoms with E-state index in [-0.39, 0.29) is 5.92 Å². The number of aromatic nitrogens is 3. The fourth-order valence-electron chi connectivity index (χ4n) is 7.71. The van der Waals surface area contributed by atoms with Gasteiger partial charge in [0, 0.05) is 35.0 Å². The Balaban J connectivity index is 1.29. The Morgan fingerprint density at radius 3 is 2.42 bits per heavy atom. The van der Waals surface area contributed by atoms with Crippen LogP contribution in [-0.4, -0.2) is 46.0 Å². The van der Waals surface area contributed by atoms with Crippen LogP contribution in [0.4, 0.5) is 0 Å². The highest BCUT2D eigenvalue weighted by atomic mass is 16.5. The molecule has 4 aromatic rings. The fraction of sp³-hybridized carbons (Fsp3) is 0.524. The third-order valence-electron chi connectivity index (χ3n) is 11.2. The number of nitrogens with zero attached hydrogens (tertiary/aromatic N) is 4. The SMILES string of the molecule is CC1CCC(Cc2cc3ccc(CC4CCN(C)CCCC4C)nc3cc2Oc2ccc(-c3ccc(C(C)C)nn3)cc2)C(C)C(=O)C1. The molecule has 254 valence electrons. The molecule has 5 unspecified atom stereocenters. The highest BCUT2D eigenvalue weighted by Crippen LogP contribution is 2.37. The number of carbonyl (C=O) groups excluding carboxylic acids is 1. The first-order valence-corrected chi connectivity index (χ1v) is 18.4. The number of pyridine rings is 1. The van der Waals surface area contributed by atoms with E-state index in [1.54, 1.807) is 0 Å². The van der Waals surface area contributed by atoms with E-state index in [1.807, 2.05) is 30.3 Å². The maximum Gasteiger partial charge on any atom is 0.136 e. The summed E-state index contributed by atoms with van der Waals surface area (Å²) in [4.78, 5) is 20.7. The van der Waals surface area contributed by atoms with Gasteiger partial charge in [-0.15, -0.1) is 0 Å². The minimum atomic E-state index is 0.0475. The molecular weight excluding hydrogens is 592 g/mol. The molecule has 2 aromatic heterocycles. The molecule has 1 aliphatic heterocycles. The zero-order valence-electron chi connectivity index (χ0n) is 29.9. The van der Waals surface area contributed by atoms with Gasteiger partial charge >= 0.3 is 0 Å². The van der Waals surface area contributed by atoms with Gasteiger partial charge < -0.3 is 9.64 Å². The number of hydrogen-bond donors (Lipinski definition) is 0. The Kier molecular flexibility index (Phi) is 10.9. The summed E-state index contributed by atoms with van der Waals surface area (Å²) >= 11 is 0. The van der Waals surface area contributed by atoms with E-state index < -0.39 is 0 Å². The van der Waals surface area contributed by atoms with E-state index in [0.29, 0.717) is 41.8 Å². The normalized spacial score (nSPS) is 24.3. The summed E-state index contributed by atoms with van der Waals surface area (Å²) < 4.78 is 6.70. The Morgan fingerprint density at radius 1 is 0.854 bits per heavy atom. The quantitative estimate of drug-likeness (QED) is 0.178. The largest absolute Gasteiger partial charge is 0.457 e. The highest BCUT2D eigenvalue weighted by molar-refractivity contribution is 5.83. The van der Waals surface area contributed by atoms with Crippen LogP contribution in [0.2, 0.25) is 0 Å². The lowest BCUT2D eigenvalue weighted by Crippen LogP contribution is -2.29. The topological polar surface area (TPSA) is 68.2 Å². The summed E-state index contributed by atoms with van der Waals surface area (Å²) in [6.07, 6.45) is 8.42. The van der Waals surface area contributed by atoms with Crippen molar-refractivity contribution in [3.05, 3.63) is 77.6 Å². The van der Waals surface area contributed by atoms with Gasteiger partial charge in [0.15, 0.2) is 0 Å². The molecule has 1 aliphatic carbocycles. The van der Waals surface area contributed by atoms with Crippen molar-refractivity contribution in [2.45, 2.75) is 91.9 Å². The summed E-state index contributed by atoms with van der Waals surface area (Å²) in [5.41, 5.74) is 6.12. The van der Waals surface area contributed by atoms with E-state index in [2.05, 4.69) is 87.1 Å². The molecule has 48 heavy (non-hydrogen) atoms. The van der Waals surface area contributed by atoms with Gasteiger partial charge in [-0.2, -0.15) is 10.2 Å². The lowest BCUT2D eigenvalue weighted by atomic mass is 9.82. The monoisotopic (exact) mass is 646 g/mol. The molecule has 2 aliphatic rings. The van der Waals surface area contributed by atoms with E-state index >= 15 is 0 Å². The van der Waals surface area contributed by atoms with Gasteiger partial charge in [0.05, 0.1) is 16.9 Å². The summed E-state index contributed by atoms with van der Waals surface area (Å²) in [5, 5.41) is 10.0. The first-order chi connectivity index (χ1) is 23.1. The van der Waals surface area contributed by atoms with Crippen molar-refractivity contribution in [2.24, 2.45) is 29.6 Å². The van der Waals surface area contributed by atoms with E-state index in [0.717, 1.165) is 82.8 Å². The smallest absolute Gasteiger partial charge is 0.136 e. The van der Waals surface area contributed by atoms with Crippen molar-refractivity contribution in [3.8, 4) is 22.8 Å². The Labute approximate surface area is 287 Å². The van der Waals surface area contributed by atoms with Crippen LogP contribution in [0.15, 0.2) is 60.7 Å². The van der Waals surface area contributed by atoms with Gasteiger partial charge in [-0.1, -0.05) is 40.7 Å². The average Bonchev–Trinajstić information content (AvgIpc) is 3.19. The van der Waals surface area contributed by atoms with Crippen LogP contribution in [-0.2, 0) is 17.6 Å². The van der Waals surface area contributed by atoms with Crippen LogP contribution in [0.1, 0.15) is 96.0 Å². The number of ketones is 1. The lowest BCUT2D eigenvalue weighted by Gasteiger charge is -2.30. The van der Waals surface area contributed by atoms with E-state index in [9.17, 15) is 4.79 Å². The zero-order valence-corrected chi connectivity index (χ0v) is 29.9. The van der Waals surface area contributed by atoms with Crippen LogP contribution in [0, 0.1) is 29.6 Å². The number of ether oxygens (including phenoxy) is 1. The summed E-state index contributed by atoms with van der Waals surface area (Å²) in [6.45, 7) is 13.4. The Hall–Kier alpha value is -3.64. The molecule has 0 spiro atoms. The molecule has 6 rings (SSSR count). The van der Waals surface area contributed by atoms with Gasteiger partial charge in [-0.05, 0) is 149 Å². The number of benzene rings is 2. The molecule has 2 fully saturated rings. The fourth-order valence-corrected chi connectivity index (χ4v) is 7.71. The van der Waals surface area contributed by atoms with Crippen molar-refractivity contribution in [3.63, 3.8) is 0 Å². The molecule has 0 amide bonds. The second-order valence-corrected chi connectivity index (χ2v) is 15.4. The molecule has 6 nitrogen and oxygen atoms in total. The molecule has 1 saturated heterocycles. The lowest BCUT2D eigenvalue weighted by molar-refractivity contribution is -0.123. The van der Waals surface area contributed by atoms with Gasteiger partial charge in [-0.3, -0.25) is 9.78 Å². The second kappa shape index (κ2) is 15.3. The maximum absolute atomic E-state index is 13.0. The number of fused-ring (bicyclic) bond motifs is 1. The van der Waals surface area contributed by atoms with Crippen LogP contribution in [0.25, 0.3) is 22.2 Å². The first kappa shape index (κ1) is 34.2. The van der Waals surface area contributed by atoms with Gasteiger partial charge in [0.1, 0.15) is 17.3 Å². The van der Waals surface area contributed by atoms with E-state index in [4.69, 9.17) is 9.72 Å². The summed E-state index contributed by atoms with van der Waals surface area (Å²) in [5.74, 6) is 4.47.